The maximum absolute atomic E-state index is 13.2. The van der Waals surface area contributed by atoms with Crippen molar-refractivity contribution >= 4 is 17.0 Å². The van der Waals surface area contributed by atoms with E-state index in [4.69, 9.17) is 0 Å². The van der Waals surface area contributed by atoms with Gasteiger partial charge < -0.3 is 9.80 Å². The van der Waals surface area contributed by atoms with Crippen LogP contribution in [-0.4, -0.2) is 68.4 Å². The van der Waals surface area contributed by atoms with E-state index in [0.717, 1.165) is 60.1 Å². The molecule has 0 saturated carbocycles. The van der Waals surface area contributed by atoms with Gasteiger partial charge in [-0.15, -0.1) is 0 Å². The molecular formula is C23H24N6O. The smallest absolute Gasteiger partial charge is 0.255 e. The number of amides is 1. The molecule has 2 aromatic rings. The zero-order chi connectivity index (χ0) is 20.7. The molecule has 0 N–H and O–H groups in total. The van der Waals surface area contributed by atoms with E-state index >= 15 is 0 Å². The molecule has 1 fully saturated rings. The molecule has 7 heteroatoms. The SMILES string of the molecule is Cc1cn2nc(C3=CC(=O)N4C=C(N5CCN(C)CC5)C=C/C4=C\C=C3)cc2cn1. The first-order valence-electron chi connectivity index (χ1n) is 10.2. The predicted octanol–water partition coefficient (Wildman–Crippen LogP) is 2.36. The minimum Gasteiger partial charge on any atom is -0.368 e. The lowest BCUT2D eigenvalue weighted by Gasteiger charge is -2.36. The highest BCUT2D eigenvalue weighted by atomic mass is 16.2. The van der Waals surface area contributed by atoms with Crippen molar-refractivity contribution in [1.29, 1.82) is 0 Å². The summed E-state index contributed by atoms with van der Waals surface area (Å²) in [6.07, 6.45) is 17.2. The van der Waals surface area contributed by atoms with Gasteiger partial charge in [-0.05, 0) is 38.3 Å². The number of aryl methyl sites for hydroxylation is 1. The summed E-state index contributed by atoms with van der Waals surface area (Å²) in [6, 6.07) is 1.95. The van der Waals surface area contributed by atoms with Crippen LogP contribution in [0.2, 0.25) is 0 Å². The second-order valence-electron chi connectivity index (χ2n) is 7.86. The number of fused-ring (bicyclic) bond motifs is 2. The summed E-state index contributed by atoms with van der Waals surface area (Å²) in [5.74, 6) is -0.0806. The summed E-state index contributed by atoms with van der Waals surface area (Å²) < 4.78 is 1.80. The number of hydrogen-bond acceptors (Lipinski definition) is 5. The van der Waals surface area contributed by atoms with Crippen molar-refractivity contribution in [3.05, 3.63) is 83.9 Å². The Bertz CT molecular complexity index is 1160. The molecule has 1 saturated heterocycles. The number of nitrogens with zero attached hydrogens (tertiary/aromatic N) is 6. The standard InChI is InChI=1S/C23H24N6O/c1-17-15-29-21(14-24-17)13-22(25-29)18-4-3-5-19-6-7-20(16-28(19)23(30)12-18)27-10-8-26(2)9-11-27/h3-7,12-16H,8-11H2,1-2H3/b4-3?,18-12?,19-5+. The topological polar surface area (TPSA) is 57.0 Å². The molecular weight excluding hydrogens is 376 g/mol. The Labute approximate surface area is 175 Å². The van der Waals surface area contributed by atoms with Crippen molar-refractivity contribution in [3.63, 3.8) is 0 Å². The molecule has 7 nitrogen and oxygen atoms in total. The van der Waals surface area contributed by atoms with E-state index in [9.17, 15) is 4.79 Å². The quantitative estimate of drug-likeness (QED) is 0.775. The maximum Gasteiger partial charge on any atom is 0.255 e. The summed E-state index contributed by atoms with van der Waals surface area (Å²) in [6.45, 7) is 5.90. The van der Waals surface area contributed by atoms with Crippen molar-refractivity contribution in [2.24, 2.45) is 0 Å². The van der Waals surface area contributed by atoms with E-state index < -0.39 is 0 Å². The molecule has 3 aliphatic rings. The zero-order valence-electron chi connectivity index (χ0n) is 17.2. The largest absolute Gasteiger partial charge is 0.368 e. The number of carbonyl (C=O) groups excluding carboxylic acids is 1. The van der Waals surface area contributed by atoms with Crippen LogP contribution in [-0.2, 0) is 4.79 Å². The van der Waals surface area contributed by atoms with E-state index in [0.29, 0.717) is 0 Å². The number of carbonyl (C=O) groups is 1. The first-order chi connectivity index (χ1) is 14.6. The Morgan fingerprint density at radius 3 is 2.67 bits per heavy atom. The lowest BCUT2D eigenvalue weighted by atomic mass is 10.1. The van der Waals surface area contributed by atoms with Gasteiger partial charge in [-0.1, -0.05) is 12.2 Å². The molecule has 0 unspecified atom stereocenters. The van der Waals surface area contributed by atoms with Gasteiger partial charge in [-0.2, -0.15) is 5.10 Å². The second-order valence-corrected chi connectivity index (χ2v) is 7.86. The van der Waals surface area contributed by atoms with E-state index in [1.54, 1.807) is 21.7 Å². The molecule has 0 spiro atoms. The van der Waals surface area contributed by atoms with Gasteiger partial charge in [-0.3, -0.25) is 14.7 Å². The molecule has 0 radical (unpaired) electrons. The number of likely N-dealkylation sites (N-methyl/N-ethyl adjacent to an activating group) is 1. The van der Waals surface area contributed by atoms with Crippen molar-refractivity contribution in [2.75, 3.05) is 33.2 Å². The fourth-order valence-electron chi connectivity index (χ4n) is 3.87. The lowest BCUT2D eigenvalue weighted by molar-refractivity contribution is -0.122. The van der Waals surface area contributed by atoms with Crippen LogP contribution in [0.1, 0.15) is 11.4 Å². The van der Waals surface area contributed by atoms with Gasteiger partial charge in [0.05, 0.1) is 35.0 Å². The van der Waals surface area contributed by atoms with Crippen molar-refractivity contribution in [3.8, 4) is 0 Å². The van der Waals surface area contributed by atoms with Gasteiger partial charge >= 0.3 is 0 Å². The van der Waals surface area contributed by atoms with Crippen LogP contribution in [0.5, 0.6) is 0 Å². The Morgan fingerprint density at radius 1 is 1.03 bits per heavy atom. The highest BCUT2D eigenvalue weighted by molar-refractivity contribution is 5.99. The number of rotatable bonds is 2. The van der Waals surface area contributed by atoms with E-state index in [1.807, 2.05) is 49.7 Å². The predicted molar refractivity (Wildman–Crippen MR) is 116 cm³/mol. The Kier molecular flexibility index (Phi) is 4.59. The molecule has 1 amide bonds. The van der Waals surface area contributed by atoms with Gasteiger partial charge in [0, 0.05) is 49.7 Å². The molecule has 0 aromatic carbocycles. The molecule has 0 atom stereocenters. The number of aromatic nitrogens is 3. The van der Waals surface area contributed by atoms with Crippen LogP contribution in [0.4, 0.5) is 0 Å². The van der Waals surface area contributed by atoms with Gasteiger partial charge in [-0.25, -0.2) is 4.52 Å². The fraction of sp³-hybridized carbons (Fsp3) is 0.261. The van der Waals surface area contributed by atoms with E-state index in [-0.39, 0.29) is 5.91 Å². The third kappa shape index (κ3) is 3.48. The molecule has 5 heterocycles. The fourth-order valence-corrected chi connectivity index (χ4v) is 3.87. The molecule has 2 aromatic heterocycles. The van der Waals surface area contributed by atoms with Gasteiger partial charge in [0.1, 0.15) is 0 Å². The molecule has 0 bridgehead atoms. The van der Waals surface area contributed by atoms with Crippen LogP contribution in [0.3, 0.4) is 0 Å². The Morgan fingerprint density at radius 2 is 1.83 bits per heavy atom. The number of allylic oxidation sites excluding steroid dienone is 6. The second kappa shape index (κ2) is 7.42. The first-order valence-corrected chi connectivity index (χ1v) is 10.2. The van der Waals surface area contributed by atoms with Gasteiger partial charge in [0.25, 0.3) is 5.91 Å². The van der Waals surface area contributed by atoms with Crippen molar-refractivity contribution in [2.45, 2.75) is 6.92 Å². The third-order valence-corrected chi connectivity index (χ3v) is 5.66. The number of piperazine rings is 1. The molecule has 5 rings (SSSR count). The van der Waals surface area contributed by atoms with Crippen LogP contribution in [0.15, 0.2) is 72.5 Å². The summed E-state index contributed by atoms with van der Waals surface area (Å²) >= 11 is 0. The third-order valence-electron chi connectivity index (χ3n) is 5.66. The van der Waals surface area contributed by atoms with Crippen LogP contribution < -0.4 is 0 Å². The van der Waals surface area contributed by atoms with Crippen molar-refractivity contribution in [1.82, 2.24) is 29.3 Å². The summed E-state index contributed by atoms with van der Waals surface area (Å²) in [5, 5.41) is 4.63. The molecule has 152 valence electrons. The minimum absolute atomic E-state index is 0.0806. The Hall–Kier alpha value is -3.45. The lowest BCUT2D eigenvalue weighted by Crippen LogP contribution is -2.44. The average molecular weight is 400 g/mol. The summed E-state index contributed by atoms with van der Waals surface area (Å²) in [4.78, 5) is 23.8. The monoisotopic (exact) mass is 400 g/mol. The van der Waals surface area contributed by atoms with Crippen LogP contribution in [0.25, 0.3) is 11.1 Å². The Balaban J connectivity index is 1.46. The van der Waals surface area contributed by atoms with Gasteiger partial charge in [0.2, 0.25) is 0 Å². The van der Waals surface area contributed by atoms with Crippen LogP contribution in [0, 0.1) is 6.92 Å². The minimum atomic E-state index is -0.0806. The molecule has 0 aliphatic carbocycles. The van der Waals surface area contributed by atoms with E-state index in [1.165, 1.54) is 0 Å². The zero-order valence-corrected chi connectivity index (χ0v) is 17.2. The summed E-state index contributed by atoms with van der Waals surface area (Å²) in [7, 11) is 2.14. The van der Waals surface area contributed by atoms with Crippen LogP contribution >= 0.6 is 0 Å². The maximum atomic E-state index is 13.2. The highest BCUT2D eigenvalue weighted by Crippen LogP contribution is 2.25. The highest BCUT2D eigenvalue weighted by Gasteiger charge is 2.22. The van der Waals surface area contributed by atoms with Gasteiger partial charge in [0.15, 0.2) is 0 Å². The average Bonchev–Trinajstić information content (AvgIpc) is 3.15. The van der Waals surface area contributed by atoms with E-state index in [2.05, 4.69) is 33.0 Å². The first kappa shape index (κ1) is 18.6. The normalized spacial score (nSPS) is 21.7. The van der Waals surface area contributed by atoms with Crippen molar-refractivity contribution < 1.29 is 4.79 Å². The number of hydrogen-bond donors (Lipinski definition) is 0. The molecule has 30 heavy (non-hydrogen) atoms. The summed E-state index contributed by atoms with van der Waals surface area (Å²) in [5.41, 5.74) is 5.25. The molecule has 3 aliphatic heterocycles.